The molecule has 0 aliphatic heterocycles. The molecule has 0 aromatic heterocycles. The van der Waals surface area contributed by atoms with E-state index in [1.54, 1.807) is 0 Å². The van der Waals surface area contributed by atoms with Crippen LogP contribution in [0.3, 0.4) is 0 Å². The van der Waals surface area contributed by atoms with Crippen LogP contribution in [-0.4, -0.2) is 12.5 Å². The fourth-order valence-electron chi connectivity index (χ4n) is 1.53. The molecule has 0 fully saturated rings. The van der Waals surface area contributed by atoms with E-state index in [1.807, 2.05) is 54.6 Å². The Bertz CT molecular complexity index is 491. The normalized spacial score (nSPS) is 9.88. The number of amides is 1. The lowest BCUT2D eigenvalue weighted by Gasteiger charge is -2.05. The van der Waals surface area contributed by atoms with Gasteiger partial charge in [0.25, 0.3) is 5.91 Å². The van der Waals surface area contributed by atoms with Crippen molar-refractivity contribution in [2.24, 2.45) is 5.73 Å². The first-order valence-electron chi connectivity index (χ1n) is 5.32. The zero-order valence-electron chi connectivity index (χ0n) is 9.30. The summed E-state index contributed by atoms with van der Waals surface area (Å²) in [5.74, 6) is 0.167. The van der Waals surface area contributed by atoms with Crippen LogP contribution >= 0.6 is 0 Å². The minimum Gasteiger partial charge on any atom is -0.484 e. The second-order valence-electron chi connectivity index (χ2n) is 3.65. The summed E-state index contributed by atoms with van der Waals surface area (Å²) in [6, 6.07) is 17.6. The van der Waals surface area contributed by atoms with Gasteiger partial charge in [0, 0.05) is 0 Å². The highest BCUT2D eigenvalue weighted by Gasteiger charge is 1.99. The number of ether oxygens (including phenoxy) is 1. The molecule has 3 heteroatoms. The molecule has 0 bridgehead atoms. The lowest BCUT2D eigenvalue weighted by atomic mass is 10.1. The van der Waals surface area contributed by atoms with E-state index in [1.165, 1.54) is 0 Å². The number of primary amides is 1. The molecule has 3 nitrogen and oxygen atoms in total. The lowest BCUT2D eigenvalue weighted by Crippen LogP contribution is -2.19. The molecular weight excluding hydrogens is 214 g/mol. The summed E-state index contributed by atoms with van der Waals surface area (Å²) in [7, 11) is 0. The average Bonchev–Trinajstić information content (AvgIpc) is 2.38. The molecule has 0 spiro atoms. The Hall–Kier alpha value is -2.29. The highest BCUT2D eigenvalue weighted by atomic mass is 16.5. The number of hydrogen-bond acceptors (Lipinski definition) is 2. The highest BCUT2D eigenvalue weighted by molar-refractivity contribution is 5.75. The fourth-order valence-corrected chi connectivity index (χ4v) is 1.53. The standard InChI is InChI=1S/C14H13NO2/c15-14(16)10-17-13-8-6-12(7-9-13)11-4-2-1-3-5-11/h1-9H,10H2,(H2,15,16). The van der Waals surface area contributed by atoms with Crippen LogP contribution in [0.15, 0.2) is 54.6 Å². The summed E-state index contributed by atoms with van der Waals surface area (Å²) < 4.78 is 5.18. The molecule has 0 atom stereocenters. The molecule has 2 aromatic rings. The molecule has 2 rings (SSSR count). The third-order valence-corrected chi connectivity index (χ3v) is 2.34. The van der Waals surface area contributed by atoms with Crippen molar-refractivity contribution in [2.75, 3.05) is 6.61 Å². The molecule has 0 unspecified atom stereocenters. The molecule has 2 N–H and O–H groups in total. The van der Waals surface area contributed by atoms with Crippen molar-refractivity contribution in [3.63, 3.8) is 0 Å². The smallest absolute Gasteiger partial charge is 0.255 e. The van der Waals surface area contributed by atoms with Crippen LogP contribution in [0.2, 0.25) is 0 Å². The van der Waals surface area contributed by atoms with Crippen LogP contribution in [0, 0.1) is 0 Å². The monoisotopic (exact) mass is 227 g/mol. The van der Waals surface area contributed by atoms with Gasteiger partial charge in [0.2, 0.25) is 0 Å². The average molecular weight is 227 g/mol. The van der Waals surface area contributed by atoms with Gasteiger partial charge in [0.1, 0.15) is 5.75 Å². The lowest BCUT2D eigenvalue weighted by molar-refractivity contribution is -0.119. The predicted octanol–water partition coefficient (Wildman–Crippen LogP) is 2.22. The van der Waals surface area contributed by atoms with E-state index in [9.17, 15) is 4.79 Å². The summed E-state index contributed by atoms with van der Waals surface area (Å²) in [5, 5.41) is 0. The zero-order chi connectivity index (χ0) is 12.1. The number of carbonyl (C=O) groups is 1. The van der Waals surface area contributed by atoms with Crippen LogP contribution < -0.4 is 10.5 Å². The number of carbonyl (C=O) groups excluding carboxylic acids is 1. The fraction of sp³-hybridized carbons (Fsp3) is 0.0714. The predicted molar refractivity (Wildman–Crippen MR) is 66.6 cm³/mol. The van der Waals surface area contributed by atoms with E-state index in [0.29, 0.717) is 5.75 Å². The van der Waals surface area contributed by atoms with Gasteiger partial charge in [-0.25, -0.2) is 0 Å². The SMILES string of the molecule is NC(=O)COc1ccc(-c2ccccc2)cc1. The molecule has 17 heavy (non-hydrogen) atoms. The van der Waals surface area contributed by atoms with Gasteiger partial charge in [0.05, 0.1) is 0 Å². The maximum atomic E-state index is 10.6. The van der Waals surface area contributed by atoms with Gasteiger partial charge in [0.15, 0.2) is 6.61 Å². The largest absolute Gasteiger partial charge is 0.484 e. The van der Waals surface area contributed by atoms with Crippen LogP contribution in [-0.2, 0) is 4.79 Å². The van der Waals surface area contributed by atoms with Gasteiger partial charge in [-0.1, -0.05) is 42.5 Å². The van der Waals surface area contributed by atoms with E-state index in [4.69, 9.17) is 10.5 Å². The summed E-state index contributed by atoms with van der Waals surface area (Å²) in [6.45, 7) is -0.0926. The van der Waals surface area contributed by atoms with Crippen molar-refractivity contribution in [3.8, 4) is 16.9 Å². The van der Waals surface area contributed by atoms with Gasteiger partial charge in [-0.2, -0.15) is 0 Å². The van der Waals surface area contributed by atoms with Crippen molar-refractivity contribution in [3.05, 3.63) is 54.6 Å². The molecule has 0 saturated heterocycles. The topological polar surface area (TPSA) is 52.3 Å². The first-order valence-corrected chi connectivity index (χ1v) is 5.32. The van der Waals surface area contributed by atoms with Gasteiger partial charge >= 0.3 is 0 Å². The number of rotatable bonds is 4. The van der Waals surface area contributed by atoms with Crippen LogP contribution in [0.5, 0.6) is 5.75 Å². The molecule has 0 aliphatic carbocycles. The number of nitrogens with two attached hydrogens (primary N) is 1. The quantitative estimate of drug-likeness (QED) is 0.870. The van der Waals surface area contributed by atoms with Gasteiger partial charge in [-0.15, -0.1) is 0 Å². The Morgan fingerprint density at radius 3 is 2.12 bits per heavy atom. The second kappa shape index (κ2) is 5.16. The van der Waals surface area contributed by atoms with E-state index in [2.05, 4.69) is 0 Å². The molecule has 0 heterocycles. The first kappa shape index (κ1) is 11.2. The Kier molecular flexibility index (Phi) is 3.40. The summed E-state index contributed by atoms with van der Waals surface area (Å²) in [5.41, 5.74) is 7.25. The van der Waals surface area contributed by atoms with Crippen molar-refractivity contribution in [1.82, 2.24) is 0 Å². The van der Waals surface area contributed by atoms with Crippen LogP contribution in [0.4, 0.5) is 0 Å². The maximum Gasteiger partial charge on any atom is 0.255 e. The molecule has 2 aromatic carbocycles. The Morgan fingerprint density at radius 1 is 0.941 bits per heavy atom. The Labute approximate surface area is 99.8 Å². The van der Waals surface area contributed by atoms with E-state index < -0.39 is 5.91 Å². The van der Waals surface area contributed by atoms with Crippen LogP contribution in [0.1, 0.15) is 0 Å². The highest BCUT2D eigenvalue weighted by Crippen LogP contribution is 2.21. The molecule has 0 saturated carbocycles. The molecular formula is C14H13NO2. The minimum atomic E-state index is -0.475. The zero-order valence-corrected chi connectivity index (χ0v) is 9.30. The molecule has 1 amide bonds. The van der Waals surface area contributed by atoms with E-state index in [0.717, 1.165) is 11.1 Å². The Balaban J connectivity index is 2.11. The summed E-state index contributed by atoms with van der Waals surface area (Å²) >= 11 is 0. The molecule has 0 radical (unpaired) electrons. The van der Waals surface area contributed by atoms with Crippen molar-refractivity contribution in [1.29, 1.82) is 0 Å². The third-order valence-electron chi connectivity index (χ3n) is 2.34. The maximum absolute atomic E-state index is 10.6. The van der Waals surface area contributed by atoms with Crippen LogP contribution in [0.25, 0.3) is 11.1 Å². The number of benzene rings is 2. The van der Waals surface area contributed by atoms with Crippen molar-refractivity contribution < 1.29 is 9.53 Å². The van der Waals surface area contributed by atoms with Crippen molar-refractivity contribution in [2.45, 2.75) is 0 Å². The van der Waals surface area contributed by atoms with Gasteiger partial charge < -0.3 is 10.5 Å². The van der Waals surface area contributed by atoms with E-state index in [-0.39, 0.29) is 6.61 Å². The summed E-state index contributed by atoms with van der Waals surface area (Å²) in [4.78, 5) is 10.6. The Morgan fingerprint density at radius 2 is 1.53 bits per heavy atom. The van der Waals surface area contributed by atoms with Gasteiger partial charge in [-0.05, 0) is 23.3 Å². The molecule has 86 valence electrons. The van der Waals surface area contributed by atoms with Gasteiger partial charge in [-0.3, -0.25) is 4.79 Å². The number of hydrogen-bond donors (Lipinski definition) is 1. The summed E-state index contributed by atoms with van der Waals surface area (Å²) in [6.07, 6.45) is 0. The molecule has 0 aliphatic rings. The second-order valence-corrected chi connectivity index (χ2v) is 3.65. The third kappa shape index (κ3) is 3.08. The first-order chi connectivity index (χ1) is 8.25. The van der Waals surface area contributed by atoms with E-state index >= 15 is 0 Å². The minimum absolute atomic E-state index is 0.0926. The van der Waals surface area contributed by atoms with Crippen molar-refractivity contribution >= 4 is 5.91 Å².